The summed E-state index contributed by atoms with van der Waals surface area (Å²) in [6, 6.07) is 11.6. The maximum absolute atomic E-state index is 10.5. The van der Waals surface area contributed by atoms with Crippen molar-refractivity contribution in [2.24, 2.45) is 0 Å². The van der Waals surface area contributed by atoms with Gasteiger partial charge in [0.1, 0.15) is 24.7 Å². The number of benzene rings is 2. The summed E-state index contributed by atoms with van der Waals surface area (Å²) < 4.78 is 10.8. The quantitative estimate of drug-likeness (QED) is 0.416. The number of rotatable bonds is 8. The van der Waals surface area contributed by atoms with Gasteiger partial charge in [-0.3, -0.25) is 20.2 Å². The van der Waals surface area contributed by atoms with Gasteiger partial charge in [0.2, 0.25) is 0 Å². The molecule has 0 bridgehead atoms. The molecule has 24 heavy (non-hydrogen) atoms. The maximum Gasteiger partial charge on any atom is 0.269 e. The van der Waals surface area contributed by atoms with Crippen LogP contribution in [0.3, 0.4) is 0 Å². The van der Waals surface area contributed by atoms with Gasteiger partial charge in [-0.1, -0.05) is 0 Å². The van der Waals surface area contributed by atoms with Gasteiger partial charge >= 0.3 is 0 Å². The van der Waals surface area contributed by atoms with Crippen molar-refractivity contribution >= 4 is 11.4 Å². The van der Waals surface area contributed by atoms with Crippen molar-refractivity contribution in [1.82, 2.24) is 0 Å². The largest absolute Gasteiger partial charge is 0.490 e. The van der Waals surface area contributed by atoms with E-state index in [9.17, 15) is 20.2 Å². The van der Waals surface area contributed by atoms with Crippen molar-refractivity contribution in [3.05, 3.63) is 80.9 Å². The molecule has 124 valence electrons. The van der Waals surface area contributed by atoms with Gasteiger partial charge in [-0.15, -0.1) is 0 Å². The number of ether oxygens (including phenoxy) is 2. The van der Waals surface area contributed by atoms with Crippen LogP contribution in [-0.4, -0.2) is 23.1 Å². The number of nitro benzene ring substituents is 2. The summed E-state index contributed by atoms with van der Waals surface area (Å²) >= 11 is 0. The van der Waals surface area contributed by atoms with Gasteiger partial charge < -0.3 is 9.47 Å². The summed E-state index contributed by atoms with van der Waals surface area (Å²) in [5.41, 5.74) is 0.0174. The van der Waals surface area contributed by atoms with Gasteiger partial charge in [-0.2, -0.15) is 0 Å². The molecule has 0 aliphatic carbocycles. The first-order valence-corrected chi connectivity index (χ1v) is 6.96. The van der Waals surface area contributed by atoms with Crippen molar-refractivity contribution in [2.75, 3.05) is 13.2 Å². The van der Waals surface area contributed by atoms with Gasteiger partial charge in [-0.05, 0) is 36.4 Å². The minimum atomic E-state index is -0.473. The Kier molecular flexibility index (Phi) is 5.84. The Morgan fingerprint density at radius 3 is 1.33 bits per heavy atom. The first kappa shape index (κ1) is 16.9. The van der Waals surface area contributed by atoms with Crippen LogP contribution in [0, 0.1) is 20.2 Å². The molecule has 0 amide bonds. The van der Waals surface area contributed by atoms with E-state index in [-0.39, 0.29) is 11.4 Å². The molecule has 0 heterocycles. The molecule has 0 unspecified atom stereocenters. The van der Waals surface area contributed by atoms with E-state index in [2.05, 4.69) is 0 Å². The molecule has 2 rings (SSSR count). The molecule has 8 nitrogen and oxygen atoms in total. The van der Waals surface area contributed by atoms with Crippen LogP contribution in [-0.2, 0) is 0 Å². The first-order chi connectivity index (χ1) is 11.6. The fourth-order valence-electron chi connectivity index (χ4n) is 1.75. The van der Waals surface area contributed by atoms with Crippen molar-refractivity contribution in [2.45, 2.75) is 0 Å². The summed E-state index contributed by atoms with van der Waals surface area (Å²) in [5.74, 6) is 1.06. The third-order valence-electron chi connectivity index (χ3n) is 2.95. The predicted octanol–water partition coefficient (Wildman–Crippen LogP) is 3.52. The number of non-ortho nitro benzene ring substituents is 2. The van der Waals surface area contributed by atoms with Crippen LogP contribution in [0.4, 0.5) is 11.4 Å². The molecule has 0 aromatic heterocycles. The third-order valence-corrected chi connectivity index (χ3v) is 2.95. The van der Waals surface area contributed by atoms with E-state index in [1.165, 1.54) is 48.5 Å². The van der Waals surface area contributed by atoms with E-state index >= 15 is 0 Å². The molecular formula is C16H14N2O6. The minimum Gasteiger partial charge on any atom is -0.490 e. The average molecular weight is 330 g/mol. The summed E-state index contributed by atoms with van der Waals surface area (Å²) in [5, 5.41) is 21.0. The summed E-state index contributed by atoms with van der Waals surface area (Å²) in [6.07, 6.45) is 3.49. The van der Waals surface area contributed by atoms with Gasteiger partial charge in [0.05, 0.1) is 9.85 Å². The van der Waals surface area contributed by atoms with Crippen LogP contribution < -0.4 is 9.47 Å². The van der Waals surface area contributed by atoms with Gasteiger partial charge in [-0.25, -0.2) is 0 Å². The highest BCUT2D eigenvalue weighted by molar-refractivity contribution is 5.36. The lowest BCUT2D eigenvalue weighted by Gasteiger charge is -2.03. The molecule has 0 aliphatic heterocycles. The normalized spacial score (nSPS) is 10.5. The van der Waals surface area contributed by atoms with E-state index < -0.39 is 9.85 Å². The summed E-state index contributed by atoms with van der Waals surface area (Å²) in [7, 11) is 0. The molecule has 2 aromatic rings. The Balaban J connectivity index is 1.71. The van der Waals surface area contributed by atoms with Crippen molar-refractivity contribution in [1.29, 1.82) is 0 Å². The standard InChI is InChI=1S/C16H14N2O6/c19-17(20)13-3-7-15(8-4-13)23-11-1-2-12-24-16-9-5-14(6-10-16)18(21)22/h1-10H,11-12H2/b2-1+. The smallest absolute Gasteiger partial charge is 0.269 e. The fraction of sp³-hybridized carbons (Fsp3) is 0.125. The zero-order chi connectivity index (χ0) is 17.4. The Bertz CT molecular complexity index is 662. The van der Waals surface area contributed by atoms with Crippen LogP contribution in [0.1, 0.15) is 0 Å². The van der Waals surface area contributed by atoms with Gasteiger partial charge in [0.25, 0.3) is 11.4 Å². The second kappa shape index (κ2) is 8.28. The Labute approximate surface area is 137 Å². The molecule has 0 N–H and O–H groups in total. The second-order valence-electron chi connectivity index (χ2n) is 4.60. The number of hydrogen-bond acceptors (Lipinski definition) is 6. The Morgan fingerprint density at radius 2 is 1.04 bits per heavy atom. The van der Waals surface area contributed by atoms with Crippen molar-refractivity contribution < 1.29 is 19.3 Å². The summed E-state index contributed by atoms with van der Waals surface area (Å²) in [4.78, 5) is 20.1. The zero-order valence-electron chi connectivity index (χ0n) is 12.5. The van der Waals surface area contributed by atoms with Crippen LogP contribution in [0.15, 0.2) is 60.7 Å². The molecule has 2 aromatic carbocycles. The second-order valence-corrected chi connectivity index (χ2v) is 4.60. The Morgan fingerprint density at radius 1 is 0.708 bits per heavy atom. The molecule has 0 radical (unpaired) electrons. The van der Waals surface area contributed by atoms with Crippen LogP contribution >= 0.6 is 0 Å². The number of nitro groups is 2. The van der Waals surface area contributed by atoms with E-state index in [4.69, 9.17) is 9.47 Å². The number of nitrogens with zero attached hydrogens (tertiary/aromatic N) is 2. The topological polar surface area (TPSA) is 105 Å². The summed E-state index contributed by atoms with van der Waals surface area (Å²) in [6.45, 7) is 0.586. The monoisotopic (exact) mass is 330 g/mol. The third kappa shape index (κ3) is 5.09. The first-order valence-electron chi connectivity index (χ1n) is 6.96. The van der Waals surface area contributed by atoms with Crippen LogP contribution in [0.25, 0.3) is 0 Å². The molecular weight excluding hydrogens is 316 g/mol. The van der Waals surface area contributed by atoms with E-state index in [0.29, 0.717) is 24.7 Å². The van der Waals surface area contributed by atoms with Crippen LogP contribution in [0.5, 0.6) is 11.5 Å². The molecule has 0 atom stereocenters. The average Bonchev–Trinajstić information content (AvgIpc) is 2.58. The molecule has 0 aliphatic rings. The van der Waals surface area contributed by atoms with Gasteiger partial charge in [0, 0.05) is 24.3 Å². The van der Waals surface area contributed by atoms with E-state index in [1.54, 1.807) is 12.2 Å². The lowest BCUT2D eigenvalue weighted by molar-refractivity contribution is -0.385. The van der Waals surface area contributed by atoms with Gasteiger partial charge in [0.15, 0.2) is 0 Å². The molecule has 8 heteroatoms. The lowest BCUT2D eigenvalue weighted by atomic mass is 10.3. The van der Waals surface area contributed by atoms with Crippen LogP contribution in [0.2, 0.25) is 0 Å². The van der Waals surface area contributed by atoms with Crippen molar-refractivity contribution in [3.8, 4) is 11.5 Å². The van der Waals surface area contributed by atoms with E-state index in [1.807, 2.05) is 0 Å². The lowest BCUT2D eigenvalue weighted by Crippen LogP contribution is -1.97. The highest BCUT2D eigenvalue weighted by Crippen LogP contribution is 2.18. The molecule has 0 fully saturated rings. The molecule has 0 saturated carbocycles. The molecule has 0 saturated heterocycles. The maximum atomic E-state index is 10.5. The highest BCUT2D eigenvalue weighted by Gasteiger charge is 2.04. The highest BCUT2D eigenvalue weighted by atomic mass is 16.6. The van der Waals surface area contributed by atoms with Crippen molar-refractivity contribution in [3.63, 3.8) is 0 Å². The fourth-order valence-corrected chi connectivity index (χ4v) is 1.75. The molecule has 0 spiro atoms. The zero-order valence-corrected chi connectivity index (χ0v) is 12.5. The van der Waals surface area contributed by atoms with E-state index in [0.717, 1.165) is 0 Å². The minimum absolute atomic E-state index is 0.00869. The Hall–Kier alpha value is -3.42. The predicted molar refractivity (Wildman–Crippen MR) is 86.3 cm³/mol. The SMILES string of the molecule is O=[N+]([O-])c1ccc(OC/C=C/COc2ccc([N+](=O)[O-])cc2)cc1. The number of hydrogen-bond donors (Lipinski definition) is 0.